The maximum Gasteiger partial charge on any atom is 0.388 e. The Hall–Kier alpha value is -1.88. The first-order valence-electron chi connectivity index (χ1n) is 3.90. The molecule has 1 aromatic rings. The normalized spacial score (nSPS) is 11.8. The number of hydrogen-bond acceptors (Lipinski definition) is 6. The first-order valence-corrected chi connectivity index (χ1v) is 5.45. The van der Waals surface area contributed by atoms with Crippen LogP contribution in [0, 0.1) is 10.1 Å². The minimum atomic E-state index is -4.45. The number of nitrogens with two attached hydrogens (primary N) is 2. The van der Waals surface area contributed by atoms with E-state index >= 15 is 0 Å². The largest absolute Gasteiger partial charge is 0.391 e. The number of rotatable bonds is 3. The average Bonchev–Trinajstić information content (AvgIpc) is 2.15. The van der Waals surface area contributed by atoms with Crippen LogP contribution in [0.5, 0.6) is 0 Å². The standard InChI is InChI=1S/C6H6F2N4O4S/c7-5(8)2-1-3(17(10,15)16)4(9)6(11-2)12(13)14/h1,5H,9H2,(H2,10,15,16). The summed E-state index contributed by atoms with van der Waals surface area (Å²) >= 11 is 0. The van der Waals surface area contributed by atoms with Gasteiger partial charge in [0.2, 0.25) is 15.7 Å². The Morgan fingerprint density at radius 3 is 2.35 bits per heavy atom. The highest BCUT2D eigenvalue weighted by Crippen LogP contribution is 2.30. The predicted octanol–water partition coefficient (Wildman–Crippen LogP) is 0.157. The first kappa shape index (κ1) is 13.2. The molecule has 11 heteroatoms. The van der Waals surface area contributed by atoms with Gasteiger partial charge in [0.05, 0.1) is 0 Å². The second-order valence-corrected chi connectivity index (χ2v) is 4.42. The molecule has 4 N–H and O–H groups in total. The van der Waals surface area contributed by atoms with Crippen LogP contribution in [0.4, 0.5) is 20.3 Å². The monoisotopic (exact) mass is 268 g/mol. The highest BCUT2D eigenvalue weighted by molar-refractivity contribution is 7.89. The summed E-state index contributed by atoms with van der Waals surface area (Å²) < 4.78 is 46.7. The number of hydrogen-bond donors (Lipinski definition) is 2. The van der Waals surface area contributed by atoms with Crippen molar-refractivity contribution in [3.63, 3.8) is 0 Å². The van der Waals surface area contributed by atoms with Crippen LogP contribution in [0.1, 0.15) is 12.1 Å². The molecule has 1 aromatic heterocycles. The van der Waals surface area contributed by atoms with Gasteiger partial charge in [-0.15, -0.1) is 0 Å². The first-order chi connectivity index (χ1) is 7.64. The molecule has 0 saturated heterocycles. The molecule has 0 aliphatic heterocycles. The van der Waals surface area contributed by atoms with Crippen molar-refractivity contribution in [1.82, 2.24) is 4.98 Å². The molecule has 0 atom stereocenters. The molecule has 0 bridgehead atoms. The van der Waals surface area contributed by atoms with Crippen LogP contribution in [0.15, 0.2) is 11.0 Å². The summed E-state index contributed by atoms with van der Waals surface area (Å²) in [5.74, 6) is -1.17. The van der Waals surface area contributed by atoms with E-state index in [-0.39, 0.29) is 0 Å². The van der Waals surface area contributed by atoms with Gasteiger partial charge < -0.3 is 15.8 Å². The number of aromatic nitrogens is 1. The predicted molar refractivity (Wildman–Crippen MR) is 51.6 cm³/mol. The summed E-state index contributed by atoms with van der Waals surface area (Å²) in [6.07, 6.45) is -3.19. The van der Waals surface area contributed by atoms with Crippen molar-refractivity contribution in [2.75, 3.05) is 5.73 Å². The summed E-state index contributed by atoms with van der Waals surface area (Å²) in [7, 11) is -4.45. The van der Waals surface area contributed by atoms with Gasteiger partial charge in [-0.3, -0.25) is 0 Å². The molecule has 0 spiro atoms. The fraction of sp³-hybridized carbons (Fsp3) is 0.167. The SMILES string of the molecule is Nc1c(S(N)(=O)=O)cc(C(F)F)nc1[N+](=O)[O-]. The Kier molecular flexibility index (Phi) is 3.24. The van der Waals surface area contributed by atoms with E-state index in [4.69, 9.17) is 10.9 Å². The van der Waals surface area contributed by atoms with Gasteiger partial charge in [0.15, 0.2) is 5.69 Å². The Bertz CT molecular complexity index is 574. The second kappa shape index (κ2) is 4.18. The number of anilines is 1. The van der Waals surface area contributed by atoms with E-state index in [1.54, 1.807) is 0 Å². The Morgan fingerprint density at radius 2 is 2.00 bits per heavy atom. The zero-order valence-corrected chi connectivity index (χ0v) is 8.82. The molecule has 8 nitrogen and oxygen atoms in total. The number of primary sulfonamides is 1. The van der Waals surface area contributed by atoms with Crippen molar-refractivity contribution in [3.8, 4) is 0 Å². The van der Waals surface area contributed by atoms with Crippen LogP contribution in [0.3, 0.4) is 0 Å². The Labute approximate surface area is 93.4 Å². The molecular weight excluding hydrogens is 262 g/mol. The molecule has 0 aromatic carbocycles. The number of nitrogens with zero attached hydrogens (tertiary/aromatic N) is 2. The molecule has 94 valence electrons. The number of halogens is 2. The minimum Gasteiger partial charge on any atom is -0.391 e. The van der Waals surface area contributed by atoms with E-state index in [9.17, 15) is 27.3 Å². The number of pyridine rings is 1. The highest BCUT2D eigenvalue weighted by Gasteiger charge is 2.29. The molecule has 0 aliphatic carbocycles. The Balaban J connectivity index is 3.67. The van der Waals surface area contributed by atoms with Gasteiger partial charge in [-0.2, -0.15) is 0 Å². The summed E-state index contributed by atoms with van der Waals surface area (Å²) in [6.45, 7) is 0. The molecule has 17 heavy (non-hydrogen) atoms. The van der Waals surface area contributed by atoms with Crippen molar-refractivity contribution < 1.29 is 22.1 Å². The fourth-order valence-corrected chi connectivity index (χ4v) is 1.71. The summed E-state index contributed by atoms with van der Waals surface area (Å²) in [5, 5.41) is 15.2. The van der Waals surface area contributed by atoms with E-state index in [2.05, 4.69) is 4.98 Å². The molecule has 0 amide bonds. The van der Waals surface area contributed by atoms with Gasteiger partial charge in [-0.1, -0.05) is 0 Å². The Morgan fingerprint density at radius 1 is 1.47 bits per heavy atom. The lowest BCUT2D eigenvalue weighted by molar-refractivity contribution is -0.388. The molecular formula is C6H6F2N4O4S. The lowest BCUT2D eigenvalue weighted by atomic mass is 10.3. The molecule has 0 radical (unpaired) electrons. The molecule has 1 heterocycles. The lowest BCUT2D eigenvalue weighted by Crippen LogP contribution is -2.17. The average molecular weight is 268 g/mol. The number of nitro groups is 1. The summed E-state index contributed by atoms with van der Waals surface area (Å²) in [4.78, 5) is 11.3. The van der Waals surface area contributed by atoms with Crippen LogP contribution >= 0.6 is 0 Å². The number of sulfonamides is 1. The third kappa shape index (κ3) is 2.62. The number of alkyl halides is 2. The van der Waals surface area contributed by atoms with E-state index in [0.717, 1.165) is 0 Å². The van der Waals surface area contributed by atoms with Crippen molar-refractivity contribution in [1.29, 1.82) is 0 Å². The van der Waals surface area contributed by atoms with Gasteiger partial charge >= 0.3 is 12.2 Å². The van der Waals surface area contributed by atoms with Crippen LogP contribution in [-0.2, 0) is 10.0 Å². The van der Waals surface area contributed by atoms with Crippen molar-refractivity contribution in [2.24, 2.45) is 5.14 Å². The van der Waals surface area contributed by atoms with Crippen LogP contribution < -0.4 is 10.9 Å². The molecule has 0 fully saturated rings. The van der Waals surface area contributed by atoms with E-state index in [1.807, 2.05) is 0 Å². The minimum absolute atomic E-state index is 0.405. The molecule has 1 rings (SSSR count). The smallest absolute Gasteiger partial charge is 0.388 e. The van der Waals surface area contributed by atoms with Crippen LogP contribution in [0.25, 0.3) is 0 Å². The molecule has 0 aliphatic rings. The van der Waals surface area contributed by atoms with E-state index < -0.39 is 43.5 Å². The van der Waals surface area contributed by atoms with Gasteiger partial charge in [-0.05, 0) is 9.91 Å². The van der Waals surface area contributed by atoms with Crippen molar-refractivity contribution >= 4 is 21.5 Å². The zero-order valence-electron chi connectivity index (χ0n) is 8.00. The van der Waals surface area contributed by atoms with Crippen molar-refractivity contribution in [2.45, 2.75) is 11.3 Å². The fourth-order valence-electron chi connectivity index (χ4n) is 1.02. The second-order valence-electron chi connectivity index (χ2n) is 2.89. The van der Waals surface area contributed by atoms with Crippen LogP contribution in [0.2, 0.25) is 0 Å². The quantitative estimate of drug-likeness (QED) is 0.590. The topological polar surface area (TPSA) is 142 Å². The third-order valence-electron chi connectivity index (χ3n) is 1.72. The summed E-state index contributed by atoms with van der Waals surface area (Å²) in [5.41, 5.74) is 3.17. The van der Waals surface area contributed by atoms with Gasteiger partial charge in [0, 0.05) is 6.07 Å². The maximum atomic E-state index is 12.3. The van der Waals surface area contributed by atoms with Gasteiger partial charge in [-0.25, -0.2) is 22.3 Å². The molecule has 0 unspecified atom stereocenters. The van der Waals surface area contributed by atoms with Gasteiger partial charge in [0.1, 0.15) is 4.90 Å². The number of nitrogen functional groups attached to an aromatic ring is 1. The zero-order chi connectivity index (χ0) is 13.4. The highest BCUT2D eigenvalue weighted by atomic mass is 32.2. The summed E-state index contributed by atoms with van der Waals surface area (Å²) in [6, 6.07) is 0.405. The molecule has 0 saturated carbocycles. The van der Waals surface area contributed by atoms with Crippen LogP contribution in [-0.4, -0.2) is 18.3 Å². The van der Waals surface area contributed by atoms with E-state index in [0.29, 0.717) is 6.07 Å². The lowest BCUT2D eigenvalue weighted by Gasteiger charge is -2.04. The third-order valence-corrected chi connectivity index (χ3v) is 2.67. The van der Waals surface area contributed by atoms with Gasteiger partial charge in [0.25, 0.3) is 0 Å². The maximum absolute atomic E-state index is 12.3. The van der Waals surface area contributed by atoms with Crippen molar-refractivity contribution in [3.05, 3.63) is 21.9 Å². The van der Waals surface area contributed by atoms with E-state index in [1.165, 1.54) is 0 Å².